The van der Waals surface area contributed by atoms with Gasteiger partial charge in [-0.1, -0.05) is 6.92 Å². The van der Waals surface area contributed by atoms with Gasteiger partial charge in [-0.2, -0.15) is 0 Å². The second kappa shape index (κ2) is 5.58. The van der Waals surface area contributed by atoms with Gasteiger partial charge in [-0.05, 0) is 40.5 Å². The van der Waals surface area contributed by atoms with Crippen molar-refractivity contribution in [3.63, 3.8) is 0 Å². The Balaban J connectivity index is 2.52. The molecule has 0 aliphatic carbocycles. The van der Waals surface area contributed by atoms with E-state index < -0.39 is 0 Å². The van der Waals surface area contributed by atoms with E-state index in [1.54, 1.807) is 6.07 Å². The summed E-state index contributed by atoms with van der Waals surface area (Å²) >= 11 is 3.35. The number of benzene rings is 1. The molecule has 2 N–H and O–H groups in total. The van der Waals surface area contributed by atoms with E-state index in [1.165, 1.54) is 12.1 Å². The predicted octanol–water partition coefficient (Wildman–Crippen LogP) is 2.72. The molecular formula is C12H14BrFN4. The first-order valence-electron chi connectivity index (χ1n) is 5.75. The predicted molar refractivity (Wildman–Crippen MR) is 71.3 cm³/mol. The average Bonchev–Trinajstić information content (AvgIpc) is 2.73. The zero-order chi connectivity index (χ0) is 13.1. The number of halogens is 2. The van der Waals surface area contributed by atoms with Crippen LogP contribution < -0.4 is 5.73 Å². The molecule has 0 atom stereocenters. The van der Waals surface area contributed by atoms with Gasteiger partial charge in [-0.25, -0.2) is 4.39 Å². The van der Waals surface area contributed by atoms with E-state index in [4.69, 9.17) is 5.73 Å². The lowest BCUT2D eigenvalue weighted by molar-refractivity contribution is 0.626. The quantitative estimate of drug-likeness (QED) is 0.944. The summed E-state index contributed by atoms with van der Waals surface area (Å²) in [6.45, 7) is 3.20. The molecule has 0 fully saturated rings. The lowest BCUT2D eigenvalue weighted by Crippen LogP contribution is -2.09. The van der Waals surface area contributed by atoms with Crippen molar-refractivity contribution in [2.45, 2.75) is 26.4 Å². The van der Waals surface area contributed by atoms with Crippen molar-refractivity contribution in [1.29, 1.82) is 0 Å². The summed E-state index contributed by atoms with van der Waals surface area (Å²) in [6.07, 6.45) is 0.955. The van der Waals surface area contributed by atoms with Crippen LogP contribution in [0.4, 0.5) is 4.39 Å². The Morgan fingerprint density at radius 1 is 1.39 bits per heavy atom. The Morgan fingerprint density at radius 3 is 2.78 bits per heavy atom. The van der Waals surface area contributed by atoms with Crippen molar-refractivity contribution in [2.24, 2.45) is 5.73 Å². The van der Waals surface area contributed by atoms with E-state index in [9.17, 15) is 4.39 Å². The molecule has 0 spiro atoms. The van der Waals surface area contributed by atoms with Crippen LogP contribution in [0.15, 0.2) is 22.7 Å². The highest BCUT2D eigenvalue weighted by Crippen LogP contribution is 2.28. The van der Waals surface area contributed by atoms with Gasteiger partial charge in [0.25, 0.3) is 0 Å². The summed E-state index contributed by atoms with van der Waals surface area (Å²) in [5, 5.41) is 8.21. The topological polar surface area (TPSA) is 56.7 Å². The van der Waals surface area contributed by atoms with Gasteiger partial charge >= 0.3 is 0 Å². The minimum absolute atomic E-state index is 0.286. The molecule has 0 bridgehead atoms. The molecule has 1 heterocycles. The zero-order valence-corrected chi connectivity index (χ0v) is 11.6. The van der Waals surface area contributed by atoms with Crippen molar-refractivity contribution in [1.82, 2.24) is 14.8 Å². The Morgan fingerprint density at radius 2 is 2.17 bits per heavy atom. The summed E-state index contributed by atoms with van der Waals surface area (Å²) in [5.41, 5.74) is 6.46. The smallest absolute Gasteiger partial charge is 0.165 e. The molecule has 18 heavy (non-hydrogen) atoms. The van der Waals surface area contributed by atoms with Gasteiger partial charge in [0.2, 0.25) is 0 Å². The van der Waals surface area contributed by atoms with Crippen LogP contribution in [0.2, 0.25) is 0 Å². The fourth-order valence-electron chi connectivity index (χ4n) is 1.81. The van der Waals surface area contributed by atoms with Gasteiger partial charge < -0.3 is 10.3 Å². The minimum atomic E-state index is -0.286. The molecule has 96 valence electrons. The standard InChI is InChI=1S/C12H14BrFN4/c1-2-5-18-11(7-15)16-17-12(18)9-4-3-8(14)6-10(9)13/h3-4,6H,2,5,7,15H2,1H3. The molecule has 0 saturated carbocycles. The lowest BCUT2D eigenvalue weighted by Gasteiger charge is -2.09. The highest BCUT2D eigenvalue weighted by molar-refractivity contribution is 9.10. The lowest BCUT2D eigenvalue weighted by atomic mass is 10.2. The highest BCUT2D eigenvalue weighted by atomic mass is 79.9. The molecular weight excluding hydrogens is 299 g/mol. The summed E-state index contributed by atoms with van der Waals surface area (Å²) in [4.78, 5) is 0. The average molecular weight is 313 g/mol. The van der Waals surface area contributed by atoms with Gasteiger partial charge in [0.1, 0.15) is 11.6 Å². The first-order valence-corrected chi connectivity index (χ1v) is 6.54. The highest BCUT2D eigenvalue weighted by Gasteiger charge is 2.14. The van der Waals surface area contributed by atoms with Gasteiger partial charge in [0, 0.05) is 16.6 Å². The zero-order valence-electron chi connectivity index (χ0n) is 10.0. The molecule has 2 rings (SSSR count). The number of rotatable bonds is 4. The maximum absolute atomic E-state index is 13.1. The Bertz CT molecular complexity index is 553. The number of hydrogen-bond donors (Lipinski definition) is 1. The third kappa shape index (κ3) is 2.44. The van der Waals surface area contributed by atoms with E-state index >= 15 is 0 Å². The SMILES string of the molecule is CCCn1c(CN)nnc1-c1ccc(F)cc1Br. The number of hydrogen-bond acceptors (Lipinski definition) is 3. The van der Waals surface area contributed by atoms with Crippen LogP contribution in [-0.4, -0.2) is 14.8 Å². The van der Waals surface area contributed by atoms with Crippen LogP contribution in [0.5, 0.6) is 0 Å². The molecule has 0 radical (unpaired) electrons. The van der Waals surface area contributed by atoms with Crippen molar-refractivity contribution < 1.29 is 4.39 Å². The van der Waals surface area contributed by atoms with E-state index in [2.05, 4.69) is 33.1 Å². The Labute approximate surface area is 113 Å². The van der Waals surface area contributed by atoms with Crippen LogP contribution in [-0.2, 0) is 13.1 Å². The minimum Gasteiger partial charge on any atom is -0.324 e. The molecule has 1 aromatic heterocycles. The molecule has 0 aliphatic heterocycles. The van der Waals surface area contributed by atoms with Crippen molar-refractivity contribution in [3.05, 3.63) is 34.3 Å². The van der Waals surface area contributed by atoms with E-state index in [0.29, 0.717) is 16.8 Å². The molecule has 0 unspecified atom stereocenters. The maximum atomic E-state index is 13.1. The molecule has 6 heteroatoms. The summed E-state index contributed by atoms with van der Waals surface area (Å²) in [6, 6.07) is 4.52. The fraction of sp³-hybridized carbons (Fsp3) is 0.333. The molecule has 1 aromatic carbocycles. The van der Waals surface area contributed by atoms with Crippen LogP contribution in [0.1, 0.15) is 19.2 Å². The molecule has 2 aromatic rings. The van der Waals surface area contributed by atoms with E-state index in [1.807, 2.05) is 4.57 Å². The van der Waals surface area contributed by atoms with Gasteiger partial charge in [0.05, 0.1) is 6.54 Å². The first-order chi connectivity index (χ1) is 8.67. The molecule has 0 amide bonds. The summed E-state index contributed by atoms with van der Waals surface area (Å²) in [7, 11) is 0. The van der Waals surface area contributed by atoms with Gasteiger partial charge in [-0.15, -0.1) is 10.2 Å². The second-order valence-electron chi connectivity index (χ2n) is 3.92. The van der Waals surface area contributed by atoms with E-state index in [0.717, 1.165) is 24.4 Å². The number of nitrogens with zero attached hydrogens (tertiary/aromatic N) is 3. The Kier molecular flexibility index (Phi) is 4.08. The molecule has 0 aliphatic rings. The first kappa shape index (κ1) is 13.2. The summed E-state index contributed by atoms with van der Waals surface area (Å²) in [5.74, 6) is 1.17. The third-order valence-corrected chi connectivity index (χ3v) is 3.29. The second-order valence-corrected chi connectivity index (χ2v) is 4.77. The van der Waals surface area contributed by atoms with E-state index in [-0.39, 0.29) is 5.82 Å². The Hall–Kier alpha value is -1.27. The normalized spacial score (nSPS) is 10.9. The van der Waals surface area contributed by atoms with Crippen LogP contribution in [0.3, 0.4) is 0 Å². The largest absolute Gasteiger partial charge is 0.324 e. The van der Waals surface area contributed by atoms with Crippen molar-refractivity contribution in [2.75, 3.05) is 0 Å². The van der Waals surface area contributed by atoms with Crippen molar-refractivity contribution in [3.8, 4) is 11.4 Å². The third-order valence-electron chi connectivity index (χ3n) is 2.63. The number of nitrogens with two attached hydrogens (primary N) is 1. The maximum Gasteiger partial charge on any atom is 0.165 e. The number of aromatic nitrogens is 3. The monoisotopic (exact) mass is 312 g/mol. The summed E-state index contributed by atoms with van der Waals surface area (Å²) < 4.78 is 15.7. The van der Waals surface area contributed by atoms with Crippen molar-refractivity contribution >= 4 is 15.9 Å². The van der Waals surface area contributed by atoms with Crippen LogP contribution in [0.25, 0.3) is 11.4 Å². The molecule has 0 saturated heterocycles. The van der Waals surface area contributed by atoms with Gasteiger partial charge in [-0.3, -0.25) is 0 Å². The fourth-order valence-corrected chi connectivity index (χ4v) is 2.34. The molecule has 4 nitrogen and oxygen atoms in total. The van der Waals surface area contributed by atoms with Crippen LogP contribution >= 0.6 is 15.9 Å². The van der Waals surface area contributed by atoms with Gasteiger partial charge in [0.15, 0.2) is 5.82 Å². The van der Waals surface area contributed by atoms with Crippen LogP contribution in [0, 0.1) is 5.82 Å².